The number of amides is 1. The van der Waals surface area contributed by atoms with E-state index in [4.69, 9.17) is 10.00 Å². The van der Waals surface area contributed by atoms with Crippen LogP contribution in [-0.4, -0.2) is 30.5 Å². The fourth-order valence-electron chi connectivity index (χ4n) is 3.71. The molecule has 1 fully saturated rings. The van der Waals surface area contributed by atoms with Gasteiger partial charge in [-0.15, -0.1) is 0 Å². The number of nitrogens with one attached hydrogen (secondary N) is 1. The molecule has 0 bridgehead atoms. The summed E-state index contributed by atoms with van der Waals surface area (Å²) in [6.07, 6.45) is 6.43. The molecule has 1 aliphatic rings. The van der Waals surface area contributed by atoms with Crippen molar-refractivity contribution in [3.8, 4) is 11.8 Å². The van der Waals surface area contributed by atoms with E-state index in [9.17, 15) is 4.79 Å². The predicted molar refractivity (Wildman–Crippen MR) is 110 cm³/mol. The van der Waals surface area contributed by atoms with Crippen LogP contribution < -0.4 is 10.1 Å². The van der Waals surface area contributed by atoms with Crippen LogP contribution in [0.3, 0.4) is 0 Å². The highest BCUT2D eigenvalue weighted by Gasteiger charge is 2.19. The number of benzene rings is 2. The summed E-state index contributed by atoms with van der Waals surface area (Å²) < 4.78 is 5.53. The fourth-order valence-corrected chi connectivity index (χ4v) is 3.71. The minimum Gasteiger partial charge on any atom is -0.482 e. The van der Waals surface area contributed by atoms with Crippen molar-refractivity contribution in [2.24, 2.45) is 0 Å². The van der Waals surface area contributed by atoms with Crippen molar-refractivity contribution in [1.82, 2.24) is 4.90 Å². The number of anilines is 1. The number of rotatable bonds is 7. The molecule has 28 heavy (non-hydrogen) atoms. The van der Waals surface area contributed by atoms with Crippen LogP contribution in [0.15, 0.2) is 48.5 Å². The summed E-state index contributed by atoms with van der Waals surface area (Å²) in [4.78, 5) is 14.8. The van der Waals surface area contributed by atoms with E-state index in [2.05, 4.69) is 29.4 Å². The molecule has 1 amide bonds. The number of hydrogen-bond donors (Lipinski definition) is 1. The molecule has 0 atom stereocenters. The van der Waals surface area contributed by atoms with Gasteiger partial charge in [0.15, 0.2) is 6.61 Å². The van der Waals surface area contributed by atoms with E-state index in [0.717, 1.165) is 17.8 Å². The number of carbonyl (C=O) groups is 1. The van der Waals surface area contributed by atoms with Gasteiger partial charge >= 0.3 is 0 Å². The van der Waals surface area contributed by atoms with Gasteiger partial charge in [-0.25, -0.2) is 0 Å². The van der Waals surface area contributed by atoms with Gasteiger partial charge < -0.3 is 10.1 Å². The van der Waals surface area contributed by atoms with Gasteiger partial charge in [0, 0.05) is 18.3 Å². The molecular formula is C23H27N3O2. The average Bonchev–Trinajstić information content (AvgIpc) is 2.74. The van der Waals surface area contributed by atoms with E-state index < -0.39 is 0 Å². The second-order valence-electron chi connectivity index (χ2n) is 7.31. The zero-order chi connectivity index (χ0) is 19.8. The molecule has 1 aliphatic carbocycles. The summed E-state index contributed by atoms with van der Waals surface area (Å²) in [5.74, 6) is 0.186. The van der Waals surface area contributed by atoms with Crippen LogP contribution in [0, 0.1) is 11.3 Å². The first kappa shape index (κ1) is 19.9. The van der Waals surface area contributed by atoms with Crippen LogP contribution in [0.25, 0.3) is 0 Å². The molecule has 0 radical (unpaired) electrons. The van der Waals surface area contributed by atoms with Crippen LogP contribution in [0.5, 0.6) is 5.75 Å². The maximum Gasteiger partial charge on any atom is 0.262 e. The topological polar surface area (TPSA) is 65.4 Å². The summed E-state index contributed by atoms with van der Waals surface area (Å²) in [7, 11) is 2.16. The Hall–Kier alpha value is -2.84. The Labute approximate surface area is 166 Å². The Morgan fingerprint density at radius 3 is 2.64 bits per heavy atom. The van der Waals surface area contributed by atoms with Crippen LogP contribution >= 0.6 is 0 Å². The molecule has 0 aromatic heterocycles. The van der Waals surface area contributed by atoms with Crippen LogP contribution in [-0.2, 0) is 11.3 Å². The van der Waals surface area contributed by atoms with Crippen LogP contribution in [0.2, 0.25) is 0 Å². The van der Waals surface area contributed by atoms with Crippen LogP contribution in [0.1, 0.15) is 43.2 Å². The van der Waals surface area contributed by atoms with Crippen molar-refractivity contribution >= 4 is 11.6 Å². The Balaban J connectivity index is 1.59. The molecule has 0 heterocycles. The molecule has 1 saturated carbocycles. The lowest BCUT2D eigenvalue weighted by Gasteiger charge is -2.31. The molecule has 5 nitrogen and oxygen atoms in total. The molecule has 2 aromatic carbocycles. The normalized spacial score (nSPS) is 14.5. The van der Waals surface area contributed by atoms with Gasteiger partial charge in [-0.3, -0.25) is 9.69 Å². The molecule has 2 aromatic rings. The van der Waals surface area contributed by atoms with E-state index in [1.165, 1.54) is 32.1 Å². The zero-order valence-electron chi connectivity index (χ0n) is 16.4. The van der Waals surface area contributed by atoms with Crippen molar-refractivity contribution in [2.75, 3.05) is 19.0 Å². The first-order valence-electron chi connectivity index (χ1n) is 9.87. The second kappa shape index (κ2) is 9.91. The highest BCUT2D eigenvalue weighted by Crippen LogP contribution is 2.25. The first-order chi connectivity index (χ1) is 13.7. The van der Waals surface area contributed by atoms with Crippen molar-refractivity contribution in [1.29, 1.82) is 5.26 Å². The van der Waals surface area contributed by atoms with Gasteiger partial charge in [0.1, 0.15) is 11.8 Å². The quantitative estimate of drug-likeness (QED) is 0.779. The Morgan fingerprint density at radius 1 is 1.14 bits per heavy atom. The maximum absolute atomic E-state index is 12.4. The van der Waals surface area contributed by atoms with Crippen LogP contribution in [0.4, 0.5) is 5.69 Å². The predicted octanol–water partition coefficient (Wildman–Crippen LogP) is 4.34. The number of nitriles is 1. The SMILES string of the molecule is CN(Cc1ccccc1NC(=O)COc1ccccc1C#N)C1CCCCC1. The Bertz CT molecular complexity index is 838. The number of ether oxygens (including phenoxy) is 1. The number of para-hydroxylation sites is 2. The van der Waals surface area contributed by atoms with E-state index >= 15 is 0 Å². The van der Waals surface area contributed by atoms with E-state index in [1.807, 2.05) is 18.2 Å². The summed E-state index contributed by atoms with van der Waals surface area (Å²) >= 11 is 0. The lowest BCUT2D eigenvalue weighted by atomic mass is 9.94. The fraction of sp³-hybridized carbons (Fsp3) is 0.391. The monoisotopic (exact) mass is 377 g/mol. The first-order valence-corrected chi connectivity index (χ1v) is 9.87. The molecule has 3 rings (SSSR count). The van der Waals surface area contributed by atoms with Gasteiger partial charge in [0.2, 0.25) is 0 Å². The number of hydrogen-bond acceptors (Lipinski definition) is 4. The van der Waals surface area contributed by atoms with Crippen molar-refractivity contribution < 1.29 is 9.53 Å². The molecule has 146 valence electrons. The third kappa shape index (κ3) is 5.34. The molecule has 0 spiro atoms. The minimum atomic E-state index is -0.236. The molecule has 0 unspecified atom stereocenters. The molecular weight excluding hydrogens is 350 g/mol. The second-order valence-corrected chi connectivity index (χ2v) is 7.31. The van der Waals surface area contributed by atoms with Gasteiger partial charge in [0.05, 0.1) is 5.56 Å². The highest BCUT2D eigenvalue weighted by atomic mass is 16.5. The summed E-state index contributed by atoms with van der Waals surface area (Å²) in [6, 6.07) is 17.5. The maximum atomic E-state index is 12.4. The third-order valence-corrected chi connectivity index (χ3v) is 5.28. The number of nitrogens with zero attached hydrogens (tertiary/aromatic N) is 2. The van der Waals surface area contributed by atoms with Crippen molar-refractivity contribution in [2.45, 2.75) is 44.7 Å². The lowest BCUT2D eigenvalue weighted by molar-refractivity contribution is -0.118. The van der Waals surface area contributed by atoms with E-state index in [-0.39, 0.29) is 12.5 Å². The van der Waals surface area contributed by atoms with E-state index in [1.54, 1.807) is 24.3 Å². The van der Waals surface area contributed by atoms with E-state index in [0.29, 0.717) is 17.4 Å². The summed E-state index contributed by atoms with van der Waals surface area (Å²) in [5, 5.41) is 12.1. The van der Waals surface area contributed by atoms with Gasteiger partial charge in [0.25, 0.3) is 5.91 Å². The smallest absolute Gasteiger partial charge is 0.262 e. The highest BCUT2D eigenvalue weighted by molar-refractivity contribution is 5.92. The van der Waals surface area contributed by atoms with Gasteiger partial charge in [-0.05, 0) is 43.7 Å². The minimum absolute atomic E-state index is 0.133. The largest absolute Gasteiger partial charge is 0.482 e. The summed E-state index contributed by atoms with van der Waals surface area (Å²) in [5.41, 5.74) is 2.33. The van der Waals surface area contributed by atoms with Gasteiger partial charge in [-0.1, -0.05) is 49.6 Å². The Kier molecular flexibility index (Phi) is 7.05. The Morgan fingerprint density at radius 2 is 1.86 bits per heavy atom. The molecule has 0 saturated heterocycles. The number of carbonyl (C=O) groups excluding carboxylic acids is 1. The van der Waals surface area contributed by atoms with Crippen molar-refractivity contribution in [3.63, 3.8) is 0 Å². The average molecular weight is 377 g/mol. The molecule has 5 heteroatoms. The zero-order valence-corrected chi connectivity index (χ0v) is 16.4. The summed E-state index contributed by atoms with van der Waals surface area (Å²) in [6.45, 7) is 0.671. The molecule has 0 aliphatic heterocycles. The lowest BCUT2D eigenvalue weighted by Crippen LogP contribution is -2.33. The standard InChI is InChI=1S/C23H27N3O2/c1-26(20-11-3-2-4-12-20)16-19-10-5-7-13-21(19)25-23(27)17-28-22-14-8-6-9-18(22)15-24/h5-10,13-14,20H,2-4,11-12,16-17H2,1H3,(H,25,27). The molecule has 1 N–H and O–H groups in total. The van der Waals surface area contributed by atoms with Crippen molar-refractivity contribution in [3.05, 3.63) is 59.7 Å². The third-order valence-electron chi connectivity index (χ3n) is 5.28. The van der Waals surface area contributed by atoms with Gasteiger partial charge in [-0.2, -0.15) is 5.26 Å².